The number of cyclic esters (lactones) is 1. The summed E-state index contributed by atoms with van der Waals surface area (Å²) in [7, 11) is 0. The largest absolute Gasteiger partial charge is 0.443 e. The monoisotopic (exact) mass is 308 g/mol. The molecule has 0 aromatic heterocycles. The number of piperidine rings is 1. The molecule has 0 aliphatic carbocycles. The average Bonchev–Trinajstić information content (AvgIpc) is 2.89. The predicted octanol–water partition coefficient (Wildman–Crippen LogP) is 1.04. The fraction of sp³-hybridized carbons (Fsp3) is 0.533. The molecule has 2 heterocycles. The van der Waals surface area contributed by atoms with Crippen LogP contribution in [0.3, 0.4) is 0 Å². The topological polar surface area (TPSA) is 84.8 Å². The van der Waals surface area contributed by atoms with Crippen LogP contribution in [-0.4, -0.2) is 44.4 Å². The Labute approximate surface area is 128 Å². The average molecular weight is 308 g/mol. The van der Waals surface area contributed by atoms with Gasteiger partial charge in [0.15, 0.2) is 0 Å². The number of nitrogens with two attached hydrogens (primary N) is 2. The molecule has 22 heavy (non-hydrogen) atoms. The highest BCUT2D eigenvalue weighted by atomic mass is 19.1. The maximum atomic E-state index is 14.4. The zero-order valence-electron chi connectivity index (χ0n) is 12.4. The van der Waals surface area contributed by atoms with Crippen LogP contribution in [0.2, 0.25) is 0 Å². The normalized spacial score (nSPS) is 23.0. The molecule has 1 aromatic rings. The summed E-state index contributed by atoms with van der Waals surface area (Å²) in [5, 5.41) is 0. The lowest BCUT2D eigenvalue weighted by atomic mass is 10.1. The zero-order valence-corrected chi connectivity index (χ0v) is 12.4. The fourth-order valence-corrected chi connectivity index (χ4v) is 2.92. The van der Waals surface area contributed by atoms with Crippen molar-refractivity contribution in [3.63, 3.8) is 0 Å². The molecule has 3 rings (SSSR count). The minimum atomic E-state index is -0.480. The molecule has 1 amide bonds. The van der Waals surface area contributed by atoms with E-state index in [0.29, 0.717) is 17.9 Å². The van der Waals surface area contributed by atoms with Crippen molar-refractivity contribution < 1.29 is 13.9 Å². The summed E-state index contributed by atoms with van der Waals surface area (Å²) >= 11 is 0. The van der Waals surface area contributed by atoms with Gasteiger partial charge in [-0.25, -0.2) is 9.18 Å². The third kappa shape index (κ3) is 2.86. The van der Waals surface area contributed by atoms with Gasteiger partial charge in [0.05, 0.1) is 17.9 Å². The molecule has 0 spiro atoms. The molecule has 120 valence electrons. The van der Waals surface area contributed by atoms with Gasteiger partial charge in [-0.05, 0) is 31.0 Å². The van der Waals surface area contributed by atoms with E-state index in [-0.39, 0.29) is 24.5 Å². The van der Waals surface area contributed by atoms with Crippen LogP contribution in [0.4, 0.5) is 20.6 Å². The Balaban J connectivity index is 1.76. The molecular weight excluding hydrogens is 287 g/mol. The first-order chi connectivity index (χ1) is 10.6. The van der Waals surface area contributed by atoms with Gasteiger partial charge < -0.3 is 21.1 Å². The first kappa shape index (κ1) is 15.1. The van der Waals surface area contributed by atoms with Gasteiger partial charge in [0.1, 0.15) is 11.9 Å². The summed E-state index contributed by atoms with van der Waals surface area (Å²) in [6.45, 7) is 2.11. The highest BCUT2D eigenvalue weighted by Gasteiger charge is 2.32. The third-order valence-electron chi connectivity index (χ3n) is 4.26. The van der Waals surface area contributed by atoms with Gasteiger partial charge in [-0.2, -0.15) is 0 Å². The highest BCUT2D eigenvalue weighted by molar-refractivity contribution is 5.90. The van der Waals surface area contributed by atoms with Crippen molar-refractivity contribution in [3.8, 4) is 0 Å². The van der Waals surface area contributed by atoms with Crippen LogP contribution in [-0.2, 0) is 4.74 Å². The summed E-state index contributed by atoms with van der Waals surface area (Å²) < 4.78 is 19.5. The van der Waals surface area contributed by atoms with Crippen LogP contribution >= 0.6 is 0 Å². The zero-order chi connectivity index (χ0) is 15.7. The van der Waals surface area contributed by atoms with Gasteiger partial charge in [-0.1, -0.05) is 0 Å². The molecule has 0 saturated carbocycles. The molecule has 2 aliphatic heterocycles. The number of amides is 1. The number of benzene rings is 1. The summed E-state index contributed by atoms with van der Waals surface area (Å²) in [5.74, 6) is -0.336. The van der Waals surface area contributed by atoms with E-state index in [9.17, 15) is 9.18 Å². The second-order valence-electron chi connectivity index (χ2n) is 5.81. The van der Waals surface area contributed by atoms with Crippen molar-refractivity contribution in [2.24, 2.45) is 11.5 Å². The summed E-state index contributed by atoms with van der Waals surface area (Å²) in [4.78, 5) is 15.2. The van der Waals surface area contributed by atoms with Gasteiger partial charge in [0.2, 0.25) is 0 Å². The van der Waals surface area contributed by atoms with Gasteiger partial charge in [0, 0.05) is 25.7 Å². The molecule has 4 N–H and O–H groups in total. The summed E-state index contributed by atoms with van der Waals surface area (Å²) in [6, 6.07) is 5.04. The van der Waals surface area contributed by atoms with E-state index in [2.05, 4.69) is 0 Å². The number of ether oxygens (including phenoxy) is 1. The Kier molecular flexibility index (Phi) is 4.17. The minimum absolute atomic E-state index is 0.200. The molecule has 1 aromatic carbocycles. The number of anilines is 2. The Morgan fingerprint density at radius 1 is 1.32 bits per heavy atom. The number of rotatable bonds is 3. The Hall–Kier alpha value is -1.86. The van der Waals surface area contributed by atoms with Gasteiger partial charge >= 0.3 is 6.09 Å². The number of nitrogens with zero attached hydrogens (tertiary/aromatic N) is 2. The molecule has 0 bridgehead atoms. The first-order valence-electron chi connectivity index (χ1n) is 7.57. The lowest BCUT2D eigenvalue weighted by Crippen LogP contribution is -2.40. The minimum Gasteiger partial charge on any atom is -0.443 e. The van der Waals surface area contributed by atoms with Crippen LogP contribution < -0.4 is 21.3 Å². The van der Waals surface area contributed by atoms with Crippen molar-refractivity contribution in [1.82, 2.24) is 0 Å². The molecule has 7 heteroatoms. The number of halogens is 1. The van der Waals surface area contributed by atoms with Crippen LogP contribution in [0.1, 0.15) is 12.8 Å². The van der Waals surface area contributed by atoms with E-state index in [1.54, 1.807) is 12.1 Å². The van der Waals surface area contributed by atoms with Gasteiger partial charge in [-0.3, -0.25) is 4.90 Å². The molecular formula is C15H21FN4O2. The van der Waals surface area contributed by atoms with Crippen LogP contribution in [0.5, 0.6) is 0 Å². The lowest BCUT2D eigenvalue weighted by molar-refractivity contribution is 0.145. The molecule has 0 unspecified atom stereocenters. The smallest absolute Gasteiger partial charge is 0.414 e. The maximum absolute atomic E-state index is 14.4. The Morgan fingerprint density at radius 2 is 2.05 bits per heavy atom. The molecule has 2 saturated heterocycles. The Morgan fingerprint density at radius 3 is 2.64 bits per heavy atom. The van der Waals surface area contributed by atoms with Crippen molar-refractivity contribution in [3.05, 3.63) is 24.0 Å². The molecule has 2 aliphatic rings. The fourth-order valence-electron chi connectivity index (χ4n) is 2.92. The second kappa shape index (κ2) is 6.10. The third-order valence-corrected chi connectivity index (χ3v) is 4.26. The standard InChI is InChI=1S/C15H21FN4O2/c16-13-7-11(20-9-12(8-17)22-15(20)21)1-2-14(13)19-5-3-10(18)4-6-19/h1-2,7,10,12H,3-6,8-9,17-18H2/t12-/m0/s1. The maximum Gasteiger partial charge on any atom is 0.414 e. The predicted molar refractivity (Wildman–Crippen MR) is 82.5 cm³/mol. The van der Waals surface area contributed by atoms with Crippen LogP contribution in [0.15, 0.2) is 18.2 Å². The van der Waals surface area contributed by atoms with E-state index < -0.39 is 6.09 Å². The number of hydrogen-bond acceptors (Lipinski definition) is 5. The van der Waals surface area contributed by atoms with E-state index in [1.807, 2.05) is 4.90 Å². The van der Waals surface area contributed by atoms with Crippen molar-refractivity contribution in [1.29, 1.82) is 0 Å². The first-order valence-corrected chi connectivity index (χ1v) is 7.57. The molecule has 0 radical (unpaired) electrons. The number of carbonyl (C=O) groups excluding carboxylic acids is 1. The van der Waals surface area contributed by atoms with Crippen LogP contribution in [0, 0.1) is 5.82 Å². The van der Waals surface area contributed by atoms with E-state index in [0.717, 1.165) is 25.9 Å². The van der Waals surface area contributed by atoms with E-state index >= 15 is 0 Å². The van der Waals surface area contributed by atoms with Crippen LogP contribution in [0.25, 0.3) is 0 Å². The molecule has 6 nitrogen and oxygen atoms in total. The SMILES string of the molecule is NC[C@H]1CN(c2ccc(N3CCC(N)CC3)c(F)c2)C(=O)O1. The molecule has 1 atom stereocenters. The number of carbonyl (C=O) groups is 1. The highest BCUT2D eigenvalue weighted by Crippen LogP contribution is 2.29. The Bertz CT molecular complexity index is 560. The quantitative estimate of drug-likeness (QED) is 0.871. The van der Waals surface area contributed by atoms with Crippen molar-refractivity contribution in [2.45, 2.75) is 25.0 Å². The second-order valence-corrected chi connectivity index (χ2v) is 5.81. The van der Waals surface area contributed by atoms with E-state index in [1.165, 1.54) is 11.0 Å². The van der Waals surface area contributed by atoms with Crippen molar-refractivity contribution in [2.75, 3.05) is 36.0 Å². The van der Waals surface area contributed by atoms with E-state index in [4.69, 9.17) is 16.2 Å². The van der Waals surface area contributed by atoms with Gasteiger partial charge in [-0.15, -0.1) is 0 Å². The summed E-state index contributed by atoms with van der Waals surface area (Å²) in [5.41, 5.74) is 12.4. The summed E-state index contributed by atoms with van der Waals surface area (Å²) in [6.07, 6.45) is 0.903. The number of hydrogen-bond donors (Lipinski definition) is 2. The van der Waals surface area contributed by atoms with Crippen molar-refractivity contribution >= 4 is 17.5 Å². The lowest BCUT2D eigenvalue weighted by Gasteiger charge is -2.32. The van der Waals surface area contributed by atoms with Gasteiger partial charge in [0.25, 0.3) is 0 Å². The molecule has 2 fully saturated rings.